The van der Waals surface area contributed by atoms with Crippen LogP contribution in [0.4, 0.5) is 4.79 Å². The number of thioether (sulfide) groups is 2. The molecule has 3 N–H and O–H groups in total. The van der Waals surface area contributed by atoms with Crippen LogP contribution in [0.25, 0.3) is 0 Å². The third-order valence-corrected chi connectivity index (χ3v) is 4.29. The molecule has 9 heteroatoms. The highest BCUT2D eigenvalue weighted by Crippen LogP contribution is 2.23. The molecule has 2 rings (SSSR count). The normalized spacial score (nSPS) is 26.0. The van der Waals surface area contributed by atoms with Gasteiger partial charge in [0.1, 0.15) is 11.9 Å². The minimum Gasteiger partial charge on any atom is -0.337 e. The van der Waals surface area contributed by atoms with Crippen molar-refractivity contribution < 1.29 is 14.4 Å². The lowest BCUT2D eigenvalue weighted by atomic mass is 10.4. The maximum atomic E-state index is 11.7. The Kier molecular flexibility index (Phi) is 3.89. The molecular formula is C8H10N4O3S2. The van der Waals surface area contributed by atoms with Crippen LogP contribution in [0.5, 0.6) is 0 Å². The monoisotopic (exact) mass is 274 g/mol. The van der Waals surface area contributed by atoms with E-state index in [1.807, 2.05) is 0 Å². The molecule has 3 amide bonds. The number of aliphatic imine (C=N–C) groups is 1. The molecule has 0 aromatic rings. The topological polar surface area (TPSA) is 99.7 Å². The van der Waals surface area contributed by atoms with Gasteiger partial charge in [0.2, 0.25) is 11.8 Å². The average molecular weight is 274 g/mol. The molecule has 7 nitrogen and oxygen atoms in total. The number of nitrogens with one attached hydrogen (secondary N) is 3. The van der Waals surface area contributed by atoms with Gasteiger partial charge < -0.3 is 16.0 Å². The lowest BCUT2D eigenvalue weighted by Crippen LogP contribution is -2.37. The van der Waals surface area contributed by atoms with E-state index in [0.717, 1.165) is 11.8 Å². The average Bonchev–Trinajstić information content (AvgIpc) is 2.58. The third-order valence-electron chi connectivity index (χ3n) is 2.04. The molecule has 2 heterocycles. The van der Waals surface area contributed by atoms with Gasteiger partial charge >= 0.3 is 0 Å². The van der Waals surface area contributed by atoms with Crippen molar-refractivity contribution in [3.8, 4) is 0 Å². The highest BCUT2D eigenvalue weighted by Gasteiger charge is 2.31. The van der Waals surface area contributed by atoms with Crippen molar-refractivity contribution in [2.45, 2.75) is 5.25 Å². The predicted molar refractivity (Wildman–Crippen MR) is 65.8 cm³/mol. The van der Waals surface area contributed by atoms with Crippen molar-refractivity contribution >= 4 is 45.6 Å². The van der Waals surface area contributed by atoms with Gasteiger partial charge in [-0.05, 0) is 11.8 Å². The molecular weight excluding hydrogens is 264 g/mol. The zero-order valence-corrected chi connectivity index (χ0v) is 10.3. The second-order valence-corrected chi connectivity index (χ2v) is 5.30. The lowest BCUT2D eigenvalue weighted by Gasteiger charge is -2.11. The molecule has 92 valence electrons. The summed E-state index contributed by atoms with van der Waals surface area (Å²) in [6.45, 7) is 0.267. The number of carbonyl (C=O) groups is 3. The van der Waals surface area contributed by atoms with Crippen molar-refractivity contribution in [3.63, 3.8) is 0 Å². The fourth-order valence-electron chi connectivity index (χ4n) is 1.26. The van der Waals surface area contributed by atoms with E-state index in [4.69, 9.17) is 0 Å². The molecule has 0 bridgehead atoms. The fourth-order valence-corrected chi connectivity index (χ4v) is 3.14. The van der Waals surface area contributed by atoms with Crippen molar-refractivity contribution in [2.24, 2.45) is 4.99 Å². The molecule has 1 saturated heterocycles. The summed E-state index contributed by atoms with van der Waals surface area (Å²) in [7, 11) is 0. The largest absolute Gasteiger partial charge is 0.337 e. The van der Waals surface area contributed by atoms with Gasteiger partial charge in [0, 0.05) is 0 Å². The van der Waals surface area contributed by atoms with E-state index >= 15 is 0 Å². The summed E-state index contributed by atoms with van der Waals surface area (Å²) < 4.78 is 0. The number of amides is 3. The number of hydrogen-bond donors (Lipinski definition) is 3. The van der Waals surface area contributed by atoms with Crippen LogP contribution in [-0.4, -0.2) is 46.4 Å². The molecule has 0 aromatic carbocycles. The van der Waals surface area contributed by atoms with E-state index < -0.39 is 5.25 Å². The molecule has 0 spiro atoms. The predicted octanol–water partition coefficient (Wildman–Crippen LogP) is -0.896. The van der Waals surface area contributed by atoms with E-state index in [-0.39, 0.29) is 36.1 Å². The molecule has 1 fully saturated rings. The Morgan fingerprint density at radius 2 is 2.00 bits per heavy atom. The third kappa shape index (κ3) is 3.13. The standard InChI is InChI=1S/C8H10N4O3S2/c13-4-1-16-7(11-2-9-4)5-6(14)10-3-12-8(15)17-5/h5H,1-3H2,(H,9,13)(H,10,14)(H,12,15). The van der Waals surface area contributed by atoms with Crippen molar-refractivity contribution in [1.82, 2.24) is 16.0 Å². The van der Waals surface area contributed by atoms with Crippen LogP contribution in [0.2, 0.25) is 0 Å². The Labute approximate surface area is 106 Å². The maximum absolute atomic E-state index is 11.7. The number of carbonyl (C=O) groups excluding carboxylic acids is 3. The Balaban J connectivity index is 2.13. The van der Waals surface area contributed by atoms with Crippen LogP contribution in [-0.2, 0) is 9.59 Å². The molecule has 1 atom stereocenters. The summed E-state index contributed by atoms with van der Waals surface area (Å²) in [6, 6.07) is 0. The van der Waals surface area contributed by atoms with Crippen molar-refractivity contribution in [2.75, 3.05) is 19.1 Å². The second kappa shape index (κ2) is 5.41. The van der Waals surface area contributed by atoms with Gasteiger partial charge in [-0.2, -0.15) is 0 Å². The molecule has 1 unspecified atom stereocenters. The Morgan fingerprint density at radius 1 is 1.18 bits per heavy atom. The minimum absolute atomic E-state index is 0.121. The van der Waals surface area contributed by atoms with Gasteiger partial charge in [-0.15, -0.1) is 0 Å². The molecule has 2 aliphatic rings. The smallest absolute Gasteiger partial charge is 0.281 e. The van der Waals surface area contributed by atoms with Crippen molar-refractivity contribution in [3.05, 3.63) is 0 Å². The van der Waals surface area contributed by atoms with Crippen LogP contribution >= 0.6 is 23.5 Å². The quantitative estimate of drug-likeness (QED) is 0.575. The Bertz CT molecular complexity index is 398. The van der Waals surface area contributed by atoms with Gasteiger partial charge in [0.15, 0.2) is 0 Å². The zero-order valence-electron chi connectivity index (χ0n) is 8.69. The highest BCUT2D eigenvalue weighted by molar-refractivity contribution is 8.20. The van der Waals surface area contributed by atoms with Gasteiger partial charge in [-0.25, -0.2) is 0 Å². The first kappa shape index (κ1) is 12.2. The Hall–Kier alpha value is -1.22. The first-order valence-electron chi connectivity index (χ1n) is 4.83. The minimum atomic E-state index is -0.671. The molecule has 0 saturated carbocycles. The SMILES string of the molecule is O=C1CSC(C2SC(=O)NCNC2=O)=NCN1. The first-order valence-corrected chi connectivity index (χ1v) is 6.69. The number of hydrogen-bond acceptors (Lipinski definition) is 6. The zero-order chi connectivity index (χ0) is 12.3. The van der Waals surface area contributed by atoms with Crippen LogP contribution in [0.1, 0.15) is 0 Å². The summed E-state index contributed by atoms with van der Waals surface area (Å²) in [6.07, 6.45) is 0. The summed E-state index contributed by atoms with van der Waals surface area (Å²) in [5.41, 5.74) is 0. The van der Waals surface area contributed by atoms with E-state index in [9.17, 15) is 14.4 Å². The molecule has 0 aliphatic carbocycles. The Morgan fingerprint density at radius 3 is 2.82 bits per heavy atom. The first-order chi connectivity index (χ1) is 8.16. The van der Waals surface area contributed by atoms with Crippen LogP contribution in [0.15, 0.2) is 4.99 Å². The number of nitrogens with zero attached hydrogens (tertiary/aromatic N) is 1. The van der Waals surface area contributed by atoms with Gasteiger partial charge in [0.25, 0.3) is 5.24 Å². The van der Waals surface area contributed by atoms with E-state index in [0.29, 0.717) is 5.04 Å². The van der Waals surface area contributed by atoms with E-state index in [1.54, 1.807) is 0 Å². The summed E-state index contributed by atoms with van der Waals surface area (Å²) >= 11 is 2.07. The van der Waals surface area contributed by atoms with Gasteiger partial charge in [0.05, 0.1) is 17.5 Å². The van der Waals surface area contributed by atoms with Gasteiger partial charge in [-0.1, -0.05) is 11.8 Å². The van der Waals surface area contributed by atoms with Crippen molar-refractivity contribution in [1.29, 1.82) is 0 Å². The van der Waals surface area contributed by atoms with E-state index in [2.05, 4.69) is 20.9 Å². The second-order valence-electron chi connectivity index (χ2n) is 3.22. The molecule has 17 heavy (non-hydrogen) atoms. The van der Waals surface area contributed by atoms with Crippen LogP contribution in [0, 0.1) is 0 Å². The molecule has 0 radical (unpaired) electrons. The van der Waals surface area contributed by atoms with Crippen LogP contribution < -0.4 is 16.0 Å². The van der Waals surface area contributed by atoms with E-state index in [1.165, 1.54) is 11.8 Å². The molecule has 0 aromatic heterocycles. The molecule has 2 aliphatic heterocycles. The number of rotatable bonds is 1. The summed E-state index contributed by atoms with van der Waals surface area (Å²) in [5, 5.41) is 7.20. The van der Waals surface area contributed by atoms with Crippen LogP contribution in [0.3, 0.4) is 0 Å². The summed E-state index contributed by atoms with van der Waals surface area (Å²) in [4.78, 5) is 38.3. The van der Waals surface area contributed by atoms with Gasteiger partial charge in [-0.3, -0.25) is 19.4 Å². The summed E-state index contributed by atoms with van der Waals surface area (Å²) in [5.74, 6) is -0.184. The fraction of sp³-hybridized carbons (Fsp3) is 0.500. The lowest BCUT2D eigenvalue weighted by molar-refractivity contribution is -0.119. The maximum Gasteiger partial charge on any atom is 0.281 e. The highest BCUT2D eigenvalue weighted by atomic mass is 32.2.